The minimum absolute atomic E-state index is 0.520. The molecule has 1 fully saturated rings. The molecule has 0 saturated heterocycles. The summed E-state index contributed by atoms with van der Waals surface area (Å²) in [5.41, 5.74) is 0. The van der Waals surface area contributed by atoms with Gasteiger partial charge in [0, 0.05) is 6.04 Å². The Kier molecular flexibility index (Phi) is 7.06. The molecule has 0 amide bonds. The normalized spacial score (nSPS) is 27.9. The molecule has 0 aromatic carbocycles. The van der Waals surface area contributed by atoms with E-state index in [9.17, 15) is 0 Å². The Balaban J connectivity index is 2.23. The maximum Gasteiger partial charge on any atom is 0.0623 e. The minimum Gasteiger partial charge on any atom is -0.376 e. The topological polar surface area (TPSA) is 21.3 Å². The van der Waals surface area contributed by atoms with Crippen LogP contribution >= 0.6 is 0 Å². The van der Waals surface area contributed by atoms with Crippen molar-refractivity contribution in [3.63, 3.8) is 0 Å². The summed E-state index contributed by atoms with van der Waals surface area (Å²) in [6.07, 6.45) is 8.36. The molecule has 0 aromatic heterocycles. The number of hydrogen-bond acceptors (Lipinski definition) is 2. The highest BCUT2D eigenvalue weighted by atomic mass is 16.5. The quantitative estimate of drug-likeness (QED) is 0.720. The van der Waals surface area contributed by atoms with Gasteiger partial charge in [-0.05, 0) is 31.7 Å². The van der Waals surface area contributed by atoms with E-state index in [2.05, 4.69) is 26.1 Å². The molecule has 1 rings (SSSR count). The highest BCUT2D eigenvalue weighted by Gasteiger charge is 2.22. The predicted molar refractivity (Wildman–Crippen MR) is 69.7 cm³/mol. The first-order valence-corrected chi connectivity index (χ1v) is 7.12. The van der Waals surface area contributed by atoms with Crippen LogP contribution in [0.5, 0.6) is 0 Å². The fraction of sp³-hybridized carbons (Fsp3) is 1.00. The second-order valence-electron chi connectivity index (χ2n) is 5.18. The summed E-state index contributed by atoms with van der Waals surface area (Å²) in [6, 6.07) is 0.559. The van der Waals surface area contributed by atoms with Crippen molar-refractivity contribution in [1.82, 2.24) is 5.32 Å². The summed E-state index contributed by atoms with van der Waals surface area (Å²) in [5.74, 6) is 0.762. The first-order valence-electron chi connectivity index (χ1n) is 7.12. The van der Waals surface area contributed by atoms with Crippen LogP contribution in [-0.2, 0) is 4.74 Å². The van der Waals surface area contributed by atoms with Crippen molar-refractivity contribution in [3.05, 3.63) is 0 Å². The van der Waals surface area contributed by atoms with Gasteiger partial charge in [0.1, 0.15) is 0 Å². The standard InChI is InChI=1S/C14H29NO/c1-4-8-13(15-5-2)11-16-14-10-7-6-9-12(14)3/h12-15H,4-11H2,1-3H3. The molecule has 1 N–H and O–H groups in total. The van der Waals surface area contributed by atoms with Gasteiger partial charge in [-0.3, -0.25) is 0 Å². The molecule has 0 heterocycles. The average Bonchev–Trinajstić information content (AvgIpc) is 2.28. The molecule has 0 spiro atoms. The Morgan fingerprint density at radius 2 is 2.00 bits per heavy atom. The van der Waals surface area contributed by atoms with E-state index in [0.29, 0.717) is 12.1 Å². The van der Waals surface area contributed by atoms with Crippen molar-refractivity contribution in [3.8, 4) is 0 Å². The lowest BCUT2D eigenvalue weighted by Gasteiger charge is -2.30. The molecule has 3 atom stereocenters. The van der Waals surface area contributed by atoms with E-state index in [1.54, 1.807) is 0 Å². The van der Waals surface area contributed by atoms with E-state index in [1.165, 1.54) is 38.5 Å². The molecular weight excluding hydrogens is 198 g/mol. The molecule has 2 nitrogen and oxygen atoms in total. The lowest BCUT2D eigenvalue weighted by atomic mass is 9.88. The minimum atomic E-state index is 0.520. The summed E-state index contributed by atoms with van der Waals surface area (Å²) in [6.45, 7) is 8.70. The fourth-order valence-electron chi connectivity index (χ4n) is 2.65. The van der Waals surface area contributed by atoms with Gasteiger partial charge in [0.15, 0.2) is 0 Å². The second kappa shape index (κ2) is 8.08. The summed E-state index contributed by atoms with van der Waals surface area (Å²) in [4.78, 5) is 0. The van der Waals surface area contributed by atoms with Crippen molar-refractivity contribution >= 4 is 0 Å². The van der Waals surface area contributed by atoms with Crippen LogP contribution in [0.1, 0.15) is 59.3 Å². The van der Waals surface area contributed by atoms with E-state index in [-0.39, 0.29) is 0 Å². The fourth-order valence-corrected chi connectivity index (χ4v) is 2.65. The highest BCUT2D eigenvalue weighted by Crippen LogP contribution is 2.26. The van der Waals surface area contributed by atoms with Crippen LogP contribution in [-0.4, -0.2) is 25.3 Å². The second-order valence-corrected chi connectivity index (χ2v) is 5.18. The van der Waals surface area contributed by atoms with Gasteiger partial charge in [-0.1, -0.05) is 40.0 Å². The number of nitrogens with one attached hydrogen (secondary N) is 1. The van der Waals surface area contributed by atoms with Gasteiger partial charge in [-0.15, -0.1) is 0 Å². The molecule has 1 aliphatic rings. The summed E-state index contributed by atoms with van der Waals surface area (Å²) in [5, 5.41) is 3.51. The van der Waals surface area contributed by atoms with Crippen LogP contribution in [0, 0.1) is 5.92 Å². The van der Waals surface area contributed by atoms with Gasteiger partial charge >= 0.3 is 0 Å². The lowest BCUT2D eigenvalue weighted by molar-refractivity contribution is -0.0157. The van der Waals surface area contributed by atoms with Crippen molar-refractivity contribution in [2.75, 3.05) is 13.2 Å². The van der Waals surface area contributed by atoms with E-state index >= 15 is 0 Å². The summed E-state index contributed by atoms with van der Waals surface area (Å²) in [7, 11) is 0. The molecule has 0 bridgehead atoms. The zero-order chi connectivity index (χ0) is 11.8. The van der Waals surface area contributed by atoms with Gasteiger partial charge in [-0.25, -0.2) is 0 Å². The maximum atomic E-state index is 6.10. The first kappa shape index (κ1) is 14.0. The third-order valence-corrected chi connectivity index (χ3v) is 3.67. The van der Waals surface area contributed by atoms with Gasteiger partial charge < -0.3 is 10.1 Å². The highest BCUT2D eigenvalue weighted by molar-refractivity contribution is 4.74. The lowest BCUT2D eigenvalue weighted by Crippen LogP contribution is -2.36. The van der Waals surface area contributed by atoms with E-state index in [4.69, 9.17) is 4.74 Å². The Morgan fingerprint density at radius 3 is 2.62 bits per heavy atom. The monoisotopic (exact) mass is 227 g/mol. The molecule has 3 unspecified atom stereocenters. The smallest absolute Gasteiger partial charge is 0.0623 e. The third kappa shape index (κ3) is 4.84. The predicted octanol–water partition coefficient (Wildman–Crippen LogP) is 3.36. The van der Waals surface area contributed by atoms with Crippen LogP contribution in [0.4, 0.5) is 0 Å². The Morgan fingerprint density at radius 1 is 1.25 bits per heavy atom. The SMILES string of the molecule is CCCC(COC1CCCCC1C)NCC. The van der Waals surface area contributed by atoms with Gasteiger partial charge in [0.2, 0.25) is 0 Å². The molecular formula is C14H29NO. The van der Waals surface area contributed by atoms with Crippen LogP contribution in [0.3, 0.4) is 0 Å². The van der Waals surface area contributed by atoms with Gasteiger partial charge in [0.25, 0.3) is 0 Å². The number of likely N-dealkylation sites (N-methyl/N-ethyl adjacent to an activating group) is 1. The molecule has 16 heavy (non-hydrogen) atoms. The van der Waals surface area contributed by atoms with Gasteiger partial charge in [-0.2, -0.15) is 0 Å². The van der Waals surface area contributed by atoms with Crippen molar-refractivity contribution in [2.24, 2.45) is 5.92 Å². The first-order chi connectivity index (χ1) is 7.77. The maximum absolute atomic E-state index is 6.10. The van der Waals surface area contributed by atoms with Crippen LogP contribution in [0.15, 0.2) is 0 Å². The van der Waals surface area contributed by atoms with E-state index in [1.807, 2.05) is 0 Å². The zero-order valence-corrected chi connectivity index (χ0v) is 11.3. The Labute approximate surface area is 101 Å². The molecule has 1 saturated carbocycles. The largest absolute Gasteiger partial charge is 0.376 e. The molecule has 0 radical (unpaired) electrons. The molecule has 0 aromatic rings. The molecule has 2 heteroatoms. The van der Waals surface area contributed by atoms with Crippen molar-refractivity contribution in [1.29, 1.82) is 0 Å². The Hall–Kier alpha value is -0.0800. The van der Waals surface area contributed by atoms with Crippen LogP contribution in [0.2, 0.25) is 0 Å². The van der Waals surface area contributed by atoms with Crippen LogP contribution in [0.25, 0.3) is 0 Å². The van der Waals surface area contributed by atoms with E-state index in [0.717, 1.165) is 19.1 Å². The van der Waals surface area contributed by atoms with Crippen LogP contribution < -0.4 is 5.32 Å². The van der Waals surface area contributed by atoms with E-state index < -0.39 is 0 Å². The van der Waals surface area contributed by atoms with Crippen molar-refractivity contribution < 1.29 is 4.74 Å². The Bertz CT molecular complexity index is 166. The molecule has 96 valence electrons. The number of rotatable bonds is 7. The summed E-state index contributed by atoms with van der Waals surface area (Å²) >= 11 is 0. The van der Waals surface area contributed by atoms with Crippen molar-refractivity contribution in [2.45, 2.75) is 71.4 Å². The molecule has 1 aliphatic carbocycles. The molecule has 0 aliphatic heterocycles. The van der Waals surface area contributed by atoms with Gasteiger partial charge in [0.05, 0.1) is 12.7 Å². The number of ether oxygens (including phenoxy) is 1. The zero-order valence-electron chi connectivity index (χ0n) is 11.3. The third-order valence-electron chi connectivity index (χ3n) is 3.67. The summed E-state index contributed by atoms with van der Waals surface area (Å²) < 4.78 is 6.10. The average molecular weight is 227 g/mol. The number of hydrogen-bond donors (Lipinski definition) is 1.